The Morgan fingerprint density at radius 3 is 2.22 bits per heavy atom. The summed E-state index contributed by atoms with van der Waals surface area (Å²) in [5, 5.41) is 11.5. The summed E-state index contributed by atoms with van der Waals surface area (Å²) in [6.07, 6.45) is -0.727. The summed E-state index contributed by atoms with van der Waals surface area (Å²) in [6, 6.07) is 11.1. The van der Waals surface area contributed by atoms with E-state index in [1.165, 1.54) is 5.56 Å². The van der Waals surface area contributed by atoms with Crippen LogP contribution in [0.25, 0.3) is 0 Å². The van der Waals surface area contributed by atoms with E-state index in [-0.39, 0.29) is 0 Å². The monoisotopic (exact) mass is 280 g/mol. The molecule has 1 nitrogen and oxygen atoms in total. The summed E-state index contributed by atoms with van der Waals surface area (Å²) in [4.78, 5) is 0. The SMILES string of the molecule is Cc1ccc([C@H](O)c2ccc(Cl)cc2Cl)c(C)c1. The first-order chi connectivity index (χ1) is 8.49. The van der Waals surface area contributed by atoms with Gasteiger partial charge in [0.15, 0.2) is 0 Å². The van der Waals surface area contributed by atoms with E-state index in [1.807, 2.05) is 32.0 Å². The molecule has 0 amide bonds. The van der Waals surface area contributed by atoms with Crippen LogP contribution in [0.1, 0.15) is 28.4 Å². The Hall–Kier alpha value is -1.02. The van der Waals surface area contributed by atoms with E-state index in [1.54, 1.807) is 18.2 Å². The zero-order valence-electron chi connectivity index (χ0n) is 10.2. The molecule has 0 aliphatic rings. The average Bonchev–Trinajstić information content (AvgIpc) is 2.28. The first-order valence-electron chi connectivity index (χ1n) is 5.69. The molecule has 0 aromatic heterocycles. The molecular weight excluding hydrogens is 267 g/mol. The van der Waals surface area contributed by atoms with E-state index < -0.39 is 6.10 Å². The summed E-state index contributed by atoms with van der Waals surface area (Å²) in [7, 11) is 0. The van der Waals surface area contributed by atoms with Gasteiger partial charge in [0, 0.05) is 15.6 Å². The molecule has 2 aromatic rings. The lowest BCUT2D eigenvalue weighted by atomic mass is 9.96. The molecule has 0 saturated heterocycles. The minimum absolute atomic E-state index is 0.481. The first kappa shape index (κ1) is 13.4. The van der Waals surface area contributed by atoms with Gasteiger partial charge in [0.25, 0.3) is 0 Å². The van der Waals surface area contributed by atoms with Crippen molar-refractivity contribution in [2.75, 3.05) is 0 Å². The third kappa shape index (κ3) is 2.69. The highest BCUT2D eigenvalue weighted by Crippen LogP contribution is 2.31. The van der Waals surface area contributed by atoms with Crippen LogP contribution in [0.4, 0.5) is 0 Å². The molecule has 0 aliphatic heterocycles. The first-order valence-corrected chi connectivity index (χ1v) is 6.45. The van der Waals surface area contributed by atoms with Gasteiger partial charge in [-0.25, -0.2) is 0 Å². The molecule has 0 heterocycles. The smallest absolute Gasteiger partial charge is 0.106 e. The van der Waals surface area contributed by atoms with E-state index in [4.69, 9.17) is 23.2 Å². The summed E-state index contributed by atoms with van der Waals surface area (Å²) >= 11 is 12.0. The van der Waals surface area contributed by atoms with Gasteiger partial charge >= 0.3 is 0 Å². The maximum absolute atomic E-state index is 10.4. The molecule has 0 radical (unpaired) electrons. The summed E-state index contributed by atoms with van der Waals surface area (Å²) in [6.45, 7) is 4.01. The fraction of sp³-hybridized carbons (Fsp3) is 0.200. The van der Waals surface area contributed by atoms with Crippen molar-refractivity contribution in [2.45, 2.75) is 20.0 Å². The van der Waals surface area contributed by atoms with Crippen molar-refractivity contribution in [3.63, 3.8) is 0 Å². The zero-order valence-corrected chi connectivity index (χ0v) is 11.8. The molecule has 3 heteroatoms. The lowest BCUT2D eigenvalue weighted by molar-refractivity contribution is 0.219. The van der Waals surface area contributed by atoms with Gasteiger partial charge in [-0.3, -0.25) is 0 Å². The second-order valence-electron chi connectivity index (χ2n) is 4.43. The molecule has 0 unspecified atom stereocenters. The molecule has 2 rings (SSSR count). The molecule has 94 valence electrons. The molecule has 0 spiro atoms. The number of benzene rings is 2. The van der Waals surface area contributed by atoms with Crippen molar-refractivity contribution in [1.82, 2.24) is 0 Å². The summed E-state index contributed by atoms with van der Waals surface area (Å²) in [5.41, 5.74) is 3.76. The van der Waals surface area contributed by atoms with Crippen molar-refractivity contribution < 1.29 is 5.11 Å². The second kappa shape index (κ2) is 5.31. The molecule has 0 bridgehead atoms. The molecule has 1 atom stereocenters. The van der Waals surface area contributed by atoms with Crippen molar-refractivity contribution >= 4 is 23.2 Å². The highest BCUT2D eigenvalue weighted by Gasteiger charge is 2.16. The van der Waals surface area contributed by atoms with Gasteiger partial charge in [0.05, 0.1) is 0 Å². The van der Waals surface area contributed by atoms with Crippen molar-refractivity contribution in [3.05, 3.63) is 68.7 Å². The second-order valence-corrected chi connectivity index (χ2v) is 5.27. The van der Waals surface area contributed by atoms with Crippen LogP contribution >= 0.6 is 23.2 Å². The Balaban J connectivity index is 2.44. The molecule has 0 saturated carbocycles. The van der Waals surface area contributed by atoms with Crippen LogP contribution < -0.4 is 0 Å². The largest absolute Gasteiger partial charge is 0.384 e. The van der Waals surface area contributed by atoms with Gasteiger partial charge in [-0.15, -0.1) is 0 Å². The van der Waals surface area contributed by atoms with Crippen LogP contribution in [0, 0.1) is 13.8 Å². The van der Waals surface area contributed by atoms with Gasteiger partial charge in [-0.1, -0.05) is 53.0 Å². The number of rotatable bonds is 2. The predicted molar refractivity (Wildman–Crippen MR) is 76.4 cm³/mol. The lowest BCUT2D eigenvalue weighted by Crippen LogP contribution is -2.03. The molecule has 1 N–H and O–H groups in total. The maximum Gasteiger partial charge on any atom is 0.106 e. The summed E-state index contributed by atoms with van der Waals surface area (Å²) in [5.74, 6) is 0. The lowest BCUT2D eigenvalue weighted by Gasteiger charge is -2.16. The van der Waals surface area contributed by atoms with Crippen molar-refractivity contribution in [2.24, 2.45) is 0 Å². The minimum atomic E-state index is -0.727. The van der Waals surface area contributed by atoms with E-state index >= 15 is 0 Å². The molecule has 0 aliphatic carbocycles. The third-order valence-electron chi connectivity index (χ3n) is 2.98. The van der Waals surface area contributed by atoms with Crippen LogP contribution in [-0.4, -0.2) is 5.11 Å². The zero-order chi connectivity index (χ0) is 13.3. The fourth-order valence-electron chi connectivity index (χ4n) is 2.02. The fourth-order valence-corrected chi connectivity index (χ4v) is 2.54. The van der Waals surface area contributed by atoms with Gasteiger partial charge in [-0.05, 0) is 37.1 Å². The van der Waals surface area contributed by atoms with Crippen LogP contribution in [0.2, 0.25) is 10.0 Å². The van der Waals surface area contributed by atoms with Gasteiger partial charge < -0.3 is 5.11 Å². The van der Waals surface area contributed by atoms with Crippen LogP contribution in [0.15, 0.2) is 36.4 Å². The third-order valence-corrected chi connectivity index (χ3v) is 3.54. The van der Waals surface area contributed by atoms with Crippen LogP contribution in [0.5, 0.6) is 0 Å². The average molecular weight is 281 g/mol. The number of aryl methyl sites for hydroxylation is 2. The van der Waals surface area contributed by atoms with Crippen molar-refractivity contribution in [3.8, 4) is 0 Å². The van der Waals surface area contributed by atoms with E-state index in [2.05, 4.69) is 0 Å². The van der Waals surface area contributed by atoms with Crippen LogP contribution in [0.3, 0.4) is 0 Å². The predicted octanol–water partition coefficient (Wildman–Crippen LogP) is 4.69. The normalized spacial score (nSPS) is 12.5. The highest BCUT2D eigenvalue weighted by atomic mass is 35.5. The van der Waals surface area contributed by atoms with Crippen molar-refractivity contribution in [1.29, 1.82) is 0 Å². The Kier molecular flexibility index (Phi) is 3.96. The number of aliphatic hydroxyl groups excluding tert-OH is 1. The van der Waals surface area contributed by atoms with E-state index in [9.17, 15) is 5.11 Å². The number of hydrogen-bond donors (Lipinski definition) is 1. The quantitative estimate of drug-likeness (QED) is 0.846. The standard InChI is InChI=1S/C15H14Cl2O/c1-9-3-5-12(10(2)7-9)15(18)13-6-4-11(16)8-14(13)17/h3-8,15,18H,1-2H3/t15-/m0/s1. The topological polar surface area (TPSA) is 20.2 Å². The number of aliphatic hydroxyl groups is 1. The van der Waals surface area contributed by atoms with Gasteiger partial charge in [0.1, 0.15) is 6.10 Å². The van der Waals surface area contributed by atoms with Crippen LogP contribution in [-0.2, 0) is 0 Å². The Labute approximate surface area is 117 Å². The maximum atomic E-state index is 10.4. The number of hydrogen-bond acceptors (Lipinski definition) is 1. The van der Waals surface area contributed by atoms with Gasteiger partial charge in [0.2, 0.25) is 0 Å². The summed E-state index contributed by atoms with van der Waals surface area (Å²) < 4.78 is 0. The van der Waals surface area contributed by atoms with E-state index in [0.29, 0.717) is 15.6 Å². The van der Waals surface area contributed by atoms with Gasteiger partial charge in [-0.2, -0.15) is 0 Å². The minimum Gasteiger partial charge on any atom is -0.384 e. The van der Waals surface area contributed by atoms with E-state index in [0.717, 1.165) is 11.1 Å². The molecular formula is C15H14Cl2O. The molecule has 18 heavy (non-hydrogen) atoms. The Bertz CT molecular complexity index is 527. The molecule has 0 fully saturated rings. The molecule has 2 aromatic carbocycles. The highest BCUT2D eigenvalue weighted by molar-refractivity contribution is 6.35. The number of halogens is 2. The Morgan fingerprint density at radius 2 is 1.61 bits per heavy atom. The Morgan fingerprint density at radius 1 is 0.944 bits per heavy atom.